The van der Waals surface area contributed by atoms with E-state index in [0.717, 1.165) is 13.2 Å². The molecule has 2 rings (SSSR count). The largest absolute Gasteiger partial charge is 0.381 e. The van der Waals surface area contributed by atoms with Gasteiger partial charge in [-0.05, 0) is 35.8 Å². The van der Waals surface area contributed by atoms with E-state index in [-0.39, 0.29) is 0 Å². The summed E-state index contributed by atoms with van der Waals surface area (Å²) in [4.78, 5) is 0. The molecule has 1 heterocycles. The minimum absolute atomic E-state index is 0.556. The first-order chi connectivity index (χ1) is 7.83. The van der Waals surface area contributed by atoms with Gasteiger partial charge in [-0.25, -0.2) is 0 Å². The van der Waals surface area contributed by atoms with Gasteiger partial charge in [0.15, 0.2) is 0 Å². The predicted octanol–water partition coefficient (Wildman–Crippen LogP) is 2.68. The van der Waals surface area contributed by atoms with Crippen molar-refractivity contribution in [3.05, 3.63) is 35.4 Å². The van der Waals surface area contributed by atoms with Gasteiger partial charge in [0.25, 0.3) is 0 Å². The van der Waals surface area contributed by atoms with E-state index in [0.29, 0.717) is 18.4 Å². The van der Waals surface area contributed by atoms with E-state index in [9.17, 15) is 0 Å². The highest BCUT2D eigenvalue weighted by Gasteiger charge is 2.23. The summed E-state index contributed by atoms with van der Waals surface area (Å²) in [5, 5.41) is 0. The Morgan fingerprint density at radius 3 is 2.94 bits per heavy atom. The molecule has 1 aliphatic heterocycles. The first-order valence-electron chi connectivity index (χ1n) is 6.18. The zero-order valence-electron chi connectivity index (χ0n) is 9.99. The Bertz CT molecular complexity index is 331. The summed E-state index contributed by atoms with van der Waals surface area (Å²) in [6, 6.07) is 8.52. The van der Waals surface area contributed by atoms with Crippen LogP contribution in [0.15, 0.2) is 24.3 Å². The summed E-state index contributed by atoms with van der Waals surface area (Å²) in [6.07, 6.45) is 2.47. The zero-order valence-corrected chi connectivity index (χ0v) is 9.99. The normalized spacial score (nSPS) is 23.0. The molecule has 0 aliphatic carbocycles. The van der Waals surface area contributed by atoms with Crippen LogP contribution in [0.4, 0.5) is 0 Å². The second kappa shape index (κ2) is 5.46. The third-order valence-corrected chi connectivity index (χ3v) is 3.67. The van der Waals surface area contributed by atoms with Gasteiger partial charge < -0.3 is 10.5 Å². The Morgan fingerprint density at radius 2 is 2.25 bits per heavy atom. The minimum atomic E-state index is 0.556. The van der Waals surface area contributed by atoms with Crippen molar-refractivity contribution in [3.8, 4) is 0 Å². The van der Waals surface area contributed by atoms with Gasteiger partial charge in [0.1, 0.15) is 0 Å². The minimum Gasteiger partial charge on any atom is -0.381 e. The van der Waals surface area contributed by atoms with E-state index in [1.54, 1.807) is 0 Å². The van der Waals surface area contributed by atoms with Crippen LogP contribution in [0.5, 0.6) is 0 Å². The number of nitrogens with two attached hydrogens (primary N) is 1. The van der Waals surface area contributed by atoms with Gasteiger partial charge in [0, 0.05) is 19.8 Å². The predicted molar refractivity (Wildman–Crippen MR) is 66.3 cm³/mol. The van der Waals surface area contributed by atoms with Gasteiger partial charge in [-0.1, -0.05) is 31.2 Å². The molecule has 1 aromatic rings. The number of benzene rings is 1. The van der Waals surface area contributed by atoms with Crippen LogP contribution in [0.2, 0.25) is 0 Å². The molecule has 0 radical (unpaired) electrons. The topological polar surface area (TPSA) is 35.2 Å². The molecule has 1 aliphatic rings. The summed E-state index contributed by atoms with van der Waals surface area (Å²) in [5.41, 5.74) is 8.47. The van der Waals surface area contributed by atoms with Crippen LogP contribution in [0.25, 0.3) is 0 Å². The lowest BCUT2D eigenvalue weighted by Crippen LogP contribution is -2.23. The summed E-state index contributed by atoms with van der Waals surface area (Å²) >= 11 is 0. The second-order valence-corrected chi connectivity index (χ2v) is 4.67. The van der Waals surface area contributed by atoms with Crippen molar-refractivity contribution < 1.29 is 4.74 Å². The van der Waals surface area contributed by atoms with Gasteiger partial charge >= 0.3 is 0 Å². The lowest BCUT2D eigenvalue weighted by molar-refractivity contribution is 0.0462. The molecule has 2 heteroatoms. The molecule has 2 nitrogen and oxygen atoms in total. The number of hydrogen-bond acceptors (Lipinski definition) is 2. The van der Waals surface area contributed by atoms with Gasteiger partial charge in [-0.3, -0.25) is 0 Å². The zero-order chi connectivity index (χ0) is 11.4. The summed E-state index contributed by atoms with van der Waals surface area (Å²) in [7, 11) is 0. The van der Waals surface area contributed by atoms with E-state index in [1.165, 1.54) is 24.0 Å². The van der Waals surface area contributed by atoms with Crippen LogP contribution >= 0.6 is 0 Å². The average Bonchev–Trinajstić information content (AvgIpc) is 2.39. The van der Waals surface area contributed by atoms with Crippen LogP contribution in [0.1, 0.15) is 36.8 Å². The van der Waals surface area contributed by atoms with Crippen molar-refractivity contribution in [2.24, 2.45) is 11.7 Å². The maximum atomic E-state index is 5.79. The van der Waals surface area contributed by atoms with Crippen LogP contribution in [-0.2, 0) is 11.3 Å². The molecule has 16 heavy (non-hydrogen) atoms. The van der Waals surface area contributed by atoms with Crippen molar-refractivity contribution in [1.29, 1.82) is 0 Å². The lowest BCUT2D eigenvalue weighted by Gasteiger charge is -2.29. The molecule has 88 valence electrons. The summed E-state index contributed by atoms with van der Waals surface area (Å²) < 4.78 is 5.57. The number of ether oxygens (including phenoxy) is 1. The monoisotopic (exact) mass is 219 g/mol. The third-order valence-electron chi connectivity index (χ3n) is 3.67. The fourth-order valence-electron chi connectivity index (χ4n) is 2.58. The SMILES string of the molecule is CC(c1ccccc1CN)C1CCCOC1. The Balaban J connectivity index is 2.15. The molecule has 0 saturated carbocycles. The Hall–Kier alpha value is -0.860. The van der Waals surface area contributed by atoms with Crippen molar-refractivity contribution in [2.75, 3.05) is 13.2 Å². The molecule has 2 atom stereocenters. The molecule has 1 saturated heterocycles. The average molecular weight is 219 g/mol. The molecular formula is C14H21NO. The van der Waals surface area contributed by atoms with Crippen LogP contribution in [-0.4, -0.2) is 13.2 Å². The van der Waals surface area contributed by atoms with E-state index in [2.05, 4.69) is 31.2 Å². The van der Waals surface area contributed by atoms with Crippen LogP contribution in [0, 0.1) is 5.92 Å². The third kappa shape index (κ3) is 2.45. The molecule has 0 amide bonds. The number of rotatable bonds is 3. The Kier molecular flexibility index (Phi) is 3.97. The quantitative estimate of drug-likeness (QED) is 0.848. The van der Waals surface area contributed by atoms with Gasteiger partial charge in [-0.2, -0.15) is 0 Å². The molecule has 0 bridgehead atoms. The molecule has 2 unspecified atom stereocenters. The van der Waals surface area contributed by atoms with Crippen molar-refractivity contribution in [3.63, 3.8) is 0 Å². The first kappa shape index (κ1) is 11.6. The smallest absolute Gasteiger partial charge is 0.0500 e. The molecule has 1 fully saturated rings. The lowest BCUT2D eigenvalue weighted by atomic mass is 9.82. The molecule has 0 aromatic heterocycles. The van der Waals surface area contributed by atoms with Gasteiger partial charge in [-0.15, -0.1) is 0 Å². The van der Waals surface area contributed by atoms with Crippen LogP contribution < -0.4 is 5.73 Å². The van der Waals surface area contributed by atoms with E-state index in [4.69, 9.17) is 10.5 Å². The van der Waals surface area contributed by atoms with Crippen molar-refractivity contribution >= 4 is 0 Å². The molecular weight excluding hydrogens is 198 g/mol. The standard InChI is InChI=1S/C14H21NO/c1-11(13-6-4-8-16-10-13)14-7-3-2-5-12(14)9-15/h2-3,5,7,11,13H,4,6,8-10,15H2,1H3. The second-order valence-electron chi connectivity index (χ2n) is 4.67. The Labute approximate surface area is 97.8 Å². The fraction of sp³-hybridized carbons (Fsp3) is 0.571. The summed E-state index contributed by atoms with van der Waals surface area (Å²) in [6.45, 7) is 4.77. The first-order valence-corrected chi connectivity index (χ1v) is 6.18. The van der Waals surface area contributed by atoms with E-state index < -0.39 is 0 Å². The van der Waals surface area contributed by atoms with Gasteiger partial charge in [0.05, 0.1) is 0 Å². The fourth-order valence-corrected chi connectivity index (χ4v) is 2.58. The highest BCUT2D eigenvalue weighted by molar-refractivity contribution is 5.30. The Morgan fingerprint density at radius 1 is 1.44 bits per heavy atom. The molecule has 1 aromatic carbocycles. The van der Waals surface area contributed by atoms with Crippen molar-refractivity contribution in [2.45, 2.75) is 32.2 Å². The van der Waals surface area contributed by atoms with E-state index in [1.807, 2.05) is 0 Å². The highest BCUT2D eigenvalue weighted by Crippen LogP contribution is 2.32. The van der Waals surface area contributed by atoms with Crippen molar-refractivity contribution in [1.82, 2.24) is 0 Å². The highest BCUT2D eigenvalue weighted by atomic mass is 16.5. The van der Waals surface area contributed by atoms with Crippen LogP contribution in [0.3, 0.4) is 0 Å². The van der Waals surface area contributed by atoms with Gasteiger partial charge in [0.2, 0.25) is 0 Å². The number of hydrogen-bond donors (Lipinski definition) is 1. The maximum Gasteiger partial charge on any atom is 0.0500 e. The van der Waals surface area contributed by atoms with E-state index >= 15 is 0 Å². The summed E-state index contributed by atoms with van der Waals surface area (Å²) in [5.74, 6) is 1.21. The molecule has 0 spiro atoms. The maximum absolute atomic E-state index is 5.79. The molecule has 2 N–H and O–H groups in total.